The number of halogens is 1. The maximum absolute atomic E-state index is 12.1. The molecule has 0 unspecified atom stereocenters. The lowest BCUT2D eigenvalue weighted by Gasteiger charge is -2.34. The molecule has 10 heteroatoms. The highest BCUT2D eigenvalue weighted by Crippen LogP contribution is 2.37. The minimum Gasteiger partial charge on any atom is -0.495 e. The van der Waals surface area contributed by atoms with Crippen LogP contribution >= 0.6 is 12.4 Å². The summed E-state index contributed by atoms with van der Waals surface area (Å²) in [6, 6.07) is 4.83. The Morgan fingerprint density at radius 1 is 1.35 bits per heavy atom. The molecule has 26 heavy (non-hydrogen) atoms. The zero-order valence-corrected chi connectivity index (χ0v) is 16.1. The smallest absolute Gasteiger partial charge is 0.250 e. The number of ether oxygens (including phenoxy) is 1. The van der Waals surface area contributed by atoms with Crippen LogP contribution in [0, 0.1) is 0 Å². The summed E-state index contributed by atoms with van der Waals surface area (Å²) in [6.07, 6.45) is 6.06. The van der Waals surface area contributed by atoms with E-state index in [-0.39, 0.29) is 23.1 Å². The maximum atomic E-state index is 12.1. The number of aromatic nitrogens is 2. The van der Waals surface area contributed by atoms with Gasteiger partial charge in [-0.25, -0.2) is 13.1 Å². The third-order valence-electron chi connectivity index (χ3n) is 4.30. The Labute approximate surface area is 158 Å². The molecule has 1 saturated carbocycles. The van der Waals surface area contributed by atoms with Crippen LogP contribution < -0.4 is 15.2 Å². The number of nitrogens with one attached hydrogen (secondary N) is 1. The van der Waals surface area contributed by atoms with Crippen LogP contribution in [0.1, 0.15) is 36.5 Å². The van der Waals surface area contributed by atoms with E-state index in [9.17, 15) is 8.42 Å². The van der Waals surface area contributed by atoms with Gasteiger partial charge in [0.05, 0.1) is 12.6 Å². The monoisotopic (exact) mass is 400 g/mol. The van der Waals surface area contributed by atoms with E-state index in [1.807, 2.05) is 0 Å². The molecule has 1 aliphatic rings. The van der Waals surface area contributed by atoms with Crippen molar-refractivity contribution in [3.63, 3.8) is 0 Å². The minimum absolute atomic E-state index is 0. The van der Waals surface area contributed by atoms with E-state index in [2.05, 4.69) is 14.9 Å². The van der Waals surface area contributed by atoms with E-state index < -0.39 is 15.6 Å². The van der Waals surface area contributed by atoms with Crippen molar-refractivity contribution in [2.75, 3.05) is 14.2 Å². The highest BCUT2D eigenvalue weighted by molar-refractivity contribution is 7.89. The molecule has 8 nitrogen and oxygen atoms in total. The van der Waals surface area contributed by atoms with Gasteiger partial charge in [0.1, 0.15) is 10.6 Å². The lowest BCUT2D eigenvalue weighted by molar-refractivity contribution is 0.229. The average molecular weight is 401 g/mol. The number of hydrogen-bond donors (Lipinski definition) is 2. The van der Waals surface area contributed by atoms with Crippen LogP contribution in [0.2, 0.25) is 0 Å². The molecular weight excluding hydrogens is 380 g/mol. The molecule has 0 spiro atoms. The Morgan fingerprint density at radius 3 is 2.65 bits per heavy atom. The summed E-state index contributed by atoms with van der Waals surface area (Å²) in [6.45, 7) is 0. The van der Waals surface area contributed by atoms with Gasteiger partial charge in [0.15, 0.2) is 5.82 Å². The molecule has 1 heterocycles. The first kappa shape index (κ1) is 20.4. The summed E-state index contributed by atoms with van der Waals surface area (Å²) in [5.41, 5.74) is 6.33. The number of methoxy groups -OCH3 is 1. The van der Waals surface area contributed by atoms with E-state index in [0.717, 1.165) is 19.3 Å². The Hall–Kier alpha value is -1.94. The lowest BCUT2D eigenvalue weighted by atomic mass is 9.77. The van der Waals surface area contributed by atoms with Crippen LogP contribution in [0.3, 0.4) is 0 Å². The molecule has 0 saturated heterocycles. The summed E-state index contributed by atoms with van der Waals surface area (Å²) in [5, 5.41) is 3.93. The summed E-state index contributed by atoms with van der Waals surface area (Å²) in [7, 11) is -0.867. The lowest BCUT2D eigenvalue weighted by Crippen LogP contribution is -2.44. The molecular formula is C16H21ClN4O4S. The zero-order valence-electron chi connectivity index (χ0n) is 14.4. The van der Waals surface area contributed by atoms with Crippen molar-refractivity contribution in [2.24, 2.45) is 5.73 Å². The third kappa shape index (κ3) is 3.90. The number of benzene rings is 1. The Kier molecular flexibility index (Phi) is 6.07. The van der Waals surface area contributed by atoms with Gasteiger partial charge in [0.25, 0.3) is 5.89 Å². The van der Waals surface area contributed by atoms with Crippen molar-refractivity contribution in [1.82, 2.24) is 14.9 Å². The van der Waals surface area contributed by atoms with Crippen molar-refractivity contribution in [1.29, 1.82) is 0 Å². The van der Waals surface area contributed by atoms with E-state index in [0.29, 0.717) is 17.3 Å². The molecule has 0 amide bonds. The quantitative estimate of drug-likeness (QED) is 0.759. The van der Waals surface area contributed by atoms with Crippen LogP contribution in [-0.4, -0.2) is 32.7 Å². The van der Waals surface area contributed by atoms with Gasteiger partial charge < -0.3 is 15.0 Å². The van der Waals surface area contributed by atoms with E-state index in [4.69, 9.17) is 15.0 Å². The number of nitrogens with two attached hydrogens (primary N) is 1. The molecule has 1 fully saturated rings. The number of rotatable bonds is 6. The van der Waals surface area contributed by atoms with Crippen molar-refractivity contribution >= 4 is 34.6 Å². The number of sulfonamides is 1. The summed E-state index contributed by atoms with van der Waals surface area (Å²) >= 11 is 0. The summed E-state index contributed by atoms with van der Waals surface area (Å²) < 4.78 is 36.8. The van der Waals surface area contributed by atoms with Gasteiger partial charge in [-0.15, -0.1) is 12.4 Å². The van der Waals surface area contributed by atoms with Crippen molar-refractivity contribution < 1.29 is 17.7 Å². The van der Waals surface area contributed by atoms with Gasteiger partial charge >= 0.3 is 0 Å². The van der Waals surface area contributed by atoms with Gasteiger partial charge in [0, 0.05) is 6.08 Å². The normalized spacial score (nSPS) is 16.1. The fourth-order valence-electron chi connectivity index (χ4n) is 2.57. The molecule has 2 aromatic rings. The second-order valence-electron chi connectivity index (χ2n) is 5.92. The first-order valence-corrected chi connectivity index (χ1v) is 9.29. The topological polar surface area (TPSA) is 120 Å². The highest BCUT2D eigenvalue weighted by Gasteiger charge is 2.38. The maximum Gasteiger partial charge on any atom is 0.250 e. The standard InChI is InChI=1S/C16H20N4O4S.ClH/c1-18-25(21,22)13-10-11(4-6-12(13)23-2)5-7-14-19-15(20-24-14)16(17)8-3-9-16;/h4-7,10,18H,3,8-9,17H2,1-2H3;1H/b7-5+;. The van der Waals surface area contributed by atoms with E-state index in [1.54, 1.807) is 24.3 Å². The van der Waals surface area contributed by atoms with E-state index >= 15 is 0 Å². The summed E-state index contributed by atoms with van der Waals surface area (Å²) in [5.74, 6) is 1.09. The first-order valence-electron chi connectivity index (χ1n) is 7.81. The van der Waals surface area contributed by atoms with Gasteiger partial charge in [-0.2, -0.15) is 4.98 Å². The molecule has 0 bridgehead atoms. The Bertz CT molecular complexity index is 907. The highest BCUT2D eigenvalue weighted by atomic mass is 35.5. The van der Waals surface area contributed by atoms with Gasteiger partial charge in [0.2, 0.25) is 10.0 Å². The van der Waals surface area contributed by atoms with Gasteiger partial charge in [-0.1, -0.05) is 11.2 Å². The number of hydrogen-bond acceptors (Lipinski definition) is 7. The second kappa shape index (κ2) is 7.75. The van der Waals surface area contributed by atoms with Crippen LogP contribution in [0.25, 0.3) is 12.2 Å². The molecule has 142 valence electrons. The predicted octanol–water partition coefficient (Wildman–Crippen LogP) is 1.92. The largest absolute Gasteiger partial charge is 0.495 e. The number of nitrogens with zero attached hydrogens (tertiary/aromatic N) is 2. The SMILES string of the molecule is CNS(=O)(=O)c1cc(/C=C/c2nc(C3(N)CCC3)no2)ccc1OC.Cl. The second-order valence-corrected chi connectivity index (χ2v) is 7.77. The Morgan fingerprint density at radius 2 is 2.08 bits per heavy atom. The van der Waals surface area contributed by atoms with Crippen LogP contribution in [-0.2, 0) is 15.6 Å². The predicted molar refractivity (Wildman–Crippen MR) is 99.4 cm³/mol. The van der Waals surface area contributed by atoms with Crippen LogP contribution in [0.15, 0.2) is 27.6 Å². The first-order chi connectivity index (χ1) is 11.9. The Balaban J connectivity index is 0.00000243. The van der Waals surface area contributed by atoms with Gasteiger partial charge in [-0.05, 0) is 50.1 Å². The molecule has 3 N–H and O–H groups in total. The molecule has 1 aromatic heterocycles. The van der Waals surface area contributed by atoms with Crippen molar-refractivity contribution in [3.8, 4) is 5.75 Å². The fourth-order valence-corrected chi connectivity index (χ4v) is 3.50. The summed E-state index contributed by atoms with van der Waals surface area (Å²) in [4.78, 5) is 4.35. The van der Waals surface area contributed by atoms with Crippen LogP contribution in [0.5, 0.6) is 5.75 Å². The molecule has 1 aromatic carbocycles. The van der Waals surface area contributed by atoms with E-state index in [1.165, 1.54) is 20.2 Å². The molecule has 0 radical (unpaired) electrons. The molecule has 1 aliphatic carbocycles. The average Bonchev–Trinajstić information content (AvgIpc) is 3.07. The van der Waals surface area contributed by atoms with Gasteiger partial charge in [-0.3, -0.25) is 0 Å². The van der Waals surface area contributed by atoms with Crippen molar-refractivity contribution in [2.45, 2.75) is 29.7 Å². The third-order valence-corrected chi connectivity index (χ3v) is 5.73. The molecule has 3 rings (SSSR count). The zero-order chi connectivity index (χ0) is 18.1. The van der Waals surface area contributed by atoms with Crippen LogP contribution in [0.4, 0.5) is 0 Å². The molecule has 0 aliphatic heterocycles. The fraction of sp³-hybridized carbons (Fsp3) is 0.375. The molecule has 0 atom stereocenters. The minimum atomic E-state index is -3.63. The van der Waals surface area contributed by atoms with Crippen molar-refractivity contribution in [3.05, 3.63) is 35.5 Å².